The fourth-order valence-electron chi connectivity index (χ4n) is 2.83. The van der Waals surface area contributed by atoms with Crippen LogP contribution in [0.4, 0.5) is 0 Å². The van der Waals surface area contributed by atoms with Gasteiger partial charge in [-0.25, -0.2) is 0 Å². The molecule has 18 heavy (non-hydrogen) atoms. The van der Waals surface area contributed by atoms with Crippen LogP contribution in [0, 0.1) is 11.3 Å². The Morgan fingerprint density at radius 3 is 2.56 bits per heavy atom. The maximum Gasteiger partial charge on any atom is 0.190 e. The summed E-state index contributed by atoms with van der Waals surface area (Å²) in [6.07, 6.45) is 11.1. The first kappa shape index (κ1) is 13.7. The highest BCUT2D eigenvalue weighted by atomic mass is 15.2. The molecule has 0 heterocycles. The van der Waals surface area contributed by atoms with Crippen LogP contribution < -0.4 is 10.6 Å². The Morgan fingerprint density at radius 1 is 1.28 bits per heavy atom. The van der Waals surface area contributed by atoms with E-state index in [1.165, 1.54) is 51.4 Å². The molecule has 0 spiro atoms. The van der Waals surface area contributed by atoms with Gasteiger partial charge in [-0.05, 0) is 43.4 Å². The van der Waals surface area contributed by atoms with E-state index in [0.29, 0.717) is 5.41 Å². The van der Waals surface area contributed by atoms with E-state index in [4.69, 9.17) is 0 Å². The second kappa shape index (κ2) is 6.44. The zero-order valence-electron chi connectivity index (χ0n) is 12.1. The SMILES string of the molecule is CCC1(CNC(=NC)NCCCC2CC2)CCC1. The highest BCUT2D eigenvalue weighted by Crippen LogP contribution is 2.42. The van der Waals surface area contributed by atoms with Crippen molar-refractivity contribution < 1.29 is 0 Å². The van der Waals surface area contributed by atoms with Crippen LogP contribution in [0.1, 0.15) is 58.3 Å². The number of nitrogens with one attached hydrogen (secondary N) is 2. The van der Waals surface area contributed by atoms with Gasteiger partial charge in [0, 0.05) is 20.1 Å². The van der Waals surface area contributed by atoms with Crippen LogP contribution in [0.15, 0.2) is 4.99 Å². The van der Waals surface area contributed by atoms with Crippen LogP contribution in [-0.2, 0) is 0 Å². The van der Waals surface area contributed by atoms with E-state index in [-0.39, 0.29) is 0 Å². The fraction of sp³-hybridized carbons (Fsp3) is 0.933. The van der Waals surface area contributed by atoms with Crippen molar-refractivity contribution in [1.82, 2.24) is 10.6 Å². The smallest absolute Gasteiger partial charge is 0.190 e. The van der Waals surface area contributed by atoms with Gasteiger partial charge in [0.2, 0.25) is 0 Å². The van der Waals surface area contributed by atoms with Crippen molar-refractivity contribution >= 4 is 5.96 Å². The van der Waals surface area contributed by atoms with Crippen LogP contribution in [0.3, 0.4) is 0 Å². The van der Waals surface area contributed by atoms with Gasteiger partial charge in [-0.2, -0.15) is 0 Å². The summed E-state index contributed by atoms with van der Waals surface area (Å²) >= 11 is 0. The van der Waals surface area contributed by atoms with E-state index in [9.17, 15) is 0 Å². The molecule has 0 saturated heterocycles. The Kier molecular flexibility index (Phi) is 4.90. The molecular formula is C15H29N3. The first-order valence-electron chi connectivity index (χ1n) is 7.72. The van der Waals surface area contributed by atoms with Crippen molar-refractivity contribution in [2.24, 2.45) is 16.3 Å². The van der Waals surface area contributed by atoms with Gasteiger partial charge >= 0.3 is 0 Å². The van der Waals surface area contributed by atoms with Crippen LogP contribution in [0.2, 0.25) is 0 Å². The van der Waals surface area contributed by atoms with Gasteiger partial charge in [-0.15, -0.1) is 0 Å². The molecule has 0 aliphatic heterocycles. The molecule has 0 aromatic carbocycles. The van der Waals surface area contributed by atoms with Crippen molar-refractivity contribution in [1.29, 1.82) is 0 Å². The van der Waals surface area contributed by atoms with Gasteiger partial charge in [0.05, 0.1) is 0 Å². The number of guanidine groups is 1. The van der Waals surface area contributed by atoms with E-state index in [1.54, 1.807) is 0 Å². The third-order valence-corrected chi connectivity index (χ3v) is 4.80. The number of hydrogen-bond donors (Lipinski definition) is 2. The Labute approximate surface area is 112 Å². The molecule has 3 nitrogen and oxygen atoms in total. The topological polar surface area (TPSA) is 36.4 Å². The van der Waals surface area contributed by atoms with Gasteiger partial charge in [0.1, 0.15) is 0 Å². The molecule has 0 bridgehead atoms. The molecule has 0 unspecified atom stereocenters. The highest BCUT2D eigenvalue weighted by Gasteiger charge is 2.34. The Balaban J connectivity index is 1.59. The lowest BCUT2D eigenvalue weighted by Gasteiger charge is -2.41. The summed E-state index contributed by atoms with van der Waals surface area (Å²) in [4.78, 5) is 4.31. The third-order valence-electron chi connectivity index (χ3n) is 4.80. The van der Waals surface area contributed by atoms with E-state index in [2.05, 4.69) is 22.5 Å². The average molecular weight is 251 g/mol. The summed E-state index contributed by atoms with van der Waals surface area (Å²) in [6.45, 7) is 4.47. The fourth-order valence-corrected chi connectivity index (χ4v) is 2.83. The van der Waals surface area contributed by atoms with Crippen LogP contribution >= 0.6 is 0 Å². The first-order chi connectivity index (χ1) is 8.78. The Hall–Kier alpha value is -0.730. The van der Waals surface area contributed by atoms with Gasteiger partial charge in [0.15, 0.2) is 5.96 Å². The van der Waals surface area contributed by atoms with E-state index < -0.39 is 0 Å². The summed E-state index contributed by atoms with van der Waals surface area (Å²) in [5.74, 6) is 2.03. The summed E-state index contributed by atoms with van der Waals surface area (Å²) in [5, 5.41) is 6.94. The van der Waals surface area contributed by atoms with Crippen LogP contribution in [0.5, 0.6) is 0 Å². The average Bonchev–Trinajstić information content (AvgIpc) is 3.15. The van der Waals surface area contributed by atoms with Gasteiger partial charge in [-0.3, -0.25) is 4.99 Å². The molecule has 104 valence electrons. The largest absolute Gasteiger partial charge is 0.356 e. The minimum atomic E-state index is 0.561. The molecule has 0 radical (unpaired) electrons. The number of hydrogen-bond acceptors (Lipinski definition) is 1. The predicted molar refractivity (Wildman–Crippen MR) is 77.9 cm³/mol. The van der Waals surface area contributed by atoms with Crippen LogP contribution in [0.25, 0.3) is 0 Å². The molecule has 2 rings (SSSR count). The lowest BCUT2D eigenvalue weighted by molar-refractivity contribution is 0.131. The summed E-state index contributed by atoms with van der Waals surface area (Å²) < 4.78 is 0. The molecule has 2 N–H and O–H groups in total. The second-order valence-corrected chi connectivity index (χ2v) is 6.15. The predicted octanol–water partition coefficient (Wildman–Crippen LogP) is 2.92. The minimum absolute atomic E-state index is 0.561. The minimum Gasteiger partial charge on any atom is -0.356 e. The van der Waals surface area contributed by atoms with Gasteiger partial charge < -0.3 is 10.6 Å². The molecule has 0 aromatic heterocycles. The van der Waals surface area contributed by atoms with Crippen molar-refractivity contribution in [3.05, 3.63) is 0 Å². The standard InChI is InChI=1S/C15H29N3/c1-3-15(9-5-10-15)12-18-14(16-2)17-11-4-6-13-7-8-13/h13H,3-12H2,1-2H3,(H2,16,17,18). The summed E-state index contributed by atoms with van der Waals surface area (Å²) in [6, 6.07) is 0. The first-order valence-corrected chi connectivity index (χ1v) is 7.72. The molecule has 3 heteroatoms. The van der Waals surface area contributed by atoms with Crippen molar-refractivity contribution in [3.8, 4) is 0 Å². The zero-order chi connectivity index (χ0) is 12.8. The second-order valence-electron chi connectivity index (χ2n) is 6.15. The molecule has 2 saturated carbocycles. The summed E-state index contributed by atoms with van der Waals surface area (Å²) in [5.41, 5.74) is 0.561. The third kappa shape index (κ3) is 3.89. The quantitative estimate of drug-likeness (QED) is 0.415. The van der Waals surface area contributed by atoms with E-state index >= 15 is 0 Å². The number of aliphatic imine (C=N–C) groups is 1. The Morgan fingerprint density at radius 2 is 2.06 bits per heavy atom. The normalized spacial score (nSPS) is 22.4. The lowest BCUT2D eigenvalue weighted by atomic mass is 9.67. The zero-order valence-corrected chi connectivity index (χ0v) is 12.1. The number of nitrogens with zero attached hydrogens (tertiary/aromatic N) is 1. The van der Waals surface area contributed by atoms with Crippen molar-refractivity contribution in [2.75, 3.05) is 20.1 Å². The van der Waals surface area contributed by atoms with Crippen molar-refractivity contribution in [3.63, 3.8) is 0 Å². The molecule has 0 amide bonds. The Bertz CT molecular complexity index is 272. The molecule has 0 aromatic rings. The molecular weight excluding hydrogens is 222 g/mol. The summed E-state index contributed by atoms with van der Waals surface area (Å²) in [7, 11) is 1.87. The van der Waals surface area contributed by atoms with Crippen molar-refractivity contribution in [2.45, 2.75) is 58.3 Å². The van der Waals surface area contributed by atoms with Gasteiger partial charge in [0.25, 0.3) is 0 Å². The monoisotopic (exact) mass is 251 g/mol. The maximum absolute atomic E-state index is 4.31. The van der Waals surface area contributed by atoms with E-state index in [1.807, 2.05) is 7.05 Å². The molecule has 2 aliphatic rings. The highest BCUT2D eigenvalue weighted by molar-refractivity contribution is 5.79. The maximum atomic E-state index is 4.31. The van der Waals surface area contributed by atoms with E-state index in [0.717, 1.165) is 25.0 Å². The molecule has 2 aliphatic carbocycles. The van der Waals surface area contributed by atoms with Gasteiger partial charge in [-0.1, -0.05) is 26.2 Å². The van der Waals surface area contributed by atoms with Crippen LogP contribution in [-0.4, -0.2) is 26.1 Å². The molecule has 2 fully saturated rings. The molecule has 0 atom stereocenters. The lowest BCUT2D eigenvalue weighted by Crippen LogP contribution is -2.46. The number of rotatable bonds is 7.